The second-order valence-corrected chi connectivity index (χ2v) is 12.6. The Morgan fingerprint density at radius 1 is 1.08 bits per heavy atom. The maximum atomic E-state index is 14.2. The highest BCUT2D eigenvalue weighted by atomic mass is 16.5. The van der Waals surface area contributed by atoms with Gasteiger partial charge in [-0.1, -0.05) is 12.1 Å². The van der Waals surface area contributed by atoms with Gasteiger partial charge in [0.1, 0.15) is 29.4 Å². The summed E-state index contributed by atoms with van der Waals surface area (Å²) in [6, 6.07) is 6.72. The Morgan fingerprint density at radius 2 is 1.77 bits per heavy atom. The van der Waals surface area contributed by atoms with Crippen molar-refractivity contribution in [3.8, 4) is 16.9 Å². The summed E-state index contributed by atoms with van der Waals surface area (Å²) in [7, 11) is 6.59. The Morgan fingerprint density at radius 3 is 2.38 bits per heavy atom. The zero-order valence-electron chi connectivity index (χ0n) is 27.2. The minimum Gasteiger partial charge on any atom is -0.508 e. The van der Waals surface area contributed by atoms with E-state index in [2.05, 4.69) is 5.32 Å². The lowest BCUT2D eigenvalue weighted by Crippen LogP contribution is -2.65. The molecule has 14 heteroatoms. The first-order chi connectivity index (χ1) is 22.6. The maximum absolute atomic E-state index is 14.2. The Labute approximate surface area is 276 Å². The number of carbonyl (C=O) groups is 5. The summed E-state index contributed by atoms with van der Waals surface area (Å²) in [5.41, 5.74) is 3.24. The number of Topliss-reactive ketones (excluding diaryl/α,β-unsaturated/α-hetero) is 2. The number of ketones is 2. The quantitative estimate of drug-likeness (QED) is 0.172. The molecule has 2 aromatic rings. The van der Waals surface area contributed by atoms with Crippen molar-refractivity contribution in [3.05, 3.63) is 63.9 Å². The number of aliphatic hydroxyl groups excluding tert-OH is 2. The van der Waals surface area contributed by atoms with Crippen LogP contribution in [0.15, 0.2) is 47.2 Å². The van der Waals surface area contributed by atoms with Crippen LogP contribution in [0, 0.1) is 11.8 Å². The predicted octanol–water partition coefficient (Wildman–Crippen LogP) is 0.990. The molecule has 7 N–H and O–H groups in total. The molecular weight excluding hydrogens is 624 g/mol. The third-order valence-corrected chi connectivity index (χ3v) is 9.31. The number of hydrogen-bond acceptors (Lipinski definition) is 12. The van der Waals surface area contributed by atoms with Crippen LogP contribution in [0.5, 0.6) is 5.75 Å². The smallest absolute Gasteiger partial charge is 0.325 e. The minimum absolute atomic E-state index is 0.0376. The van der Waals surface area contributed by atoms with Gasteiger partial charge in [-0.05, 0) is 69.1 Å². The summed E-state index contributed by atoms with van der Waals surface area (Å²) in [4.78, 5) is 67.6. The molecule has 3 aliphatic rings. The largest absolute Gasteiger partial charge is 0.508 e. The van der Waals surface area contributed by atoms with Crippen LogP contribution in [0.3, 0.4) is 0 Å². The second kappa shape index (κ2) is 12.4. The van der Waals surface area contributed by atoms with Crippen LogP contribution in [0.25, 0.3) is 16.9 Å². The van der Waals surface area contributed by atoms with Crippen molar-refractivity contribution < 1.29 is 49.1 Å². The minimum atomic E-state index is -2.76. The molecule has 0 spiro atoms. The summed E-state index contributed by atoms with van der Waals surface area (Å²) in [6.07, 6.45) is 0.0797. The number of phenols is 1. The van der Waals surface area contributed by atoms with Crippen LogP contribution in [-0.2, 0) is 30.3 Å². The summed E-state index contributed by atoms with van der Waals surface area (Å²) in [5, 5.41) is 48.9. The van der Waals surface area contributed by atoms with E-state index in [1.807, 2.05) is 0 Å². The molecule has 14 nitrogen and oxygen atoms in total. The van der Waals surface area contributed by atoms with Gasteiger partial charge in [-0.2, -0.15) is 0 Å². The number of amides is 2. The number of nitrogens with two attached hydrogens (primary N) is 1. The van der Waals surface area contributed by atoms with Crippen molar-refractivity contribution in [1.29, 1.82) is 0 Å². The normalized spacial score (nSPS) is 23.4. The van der Waals surface area contributed by atoms with Crippen molar-refractivity contribution in [2.24, 2.45) is 17.6 Å². The highest BCUT2D eigenvalue weighted by Gasteiger charge is 2.64. The van der Waals surface area contributed by atoms with Gasteiger partial charge in [-0.3, -0.25) is 28.9 Å². The topological polar surface area (TPSA) is 220 Å². The van der Waals surface area contributed by atoms with Gasteiger partial charge in [0.05, 0.1) is 18.2 Å². The number of esters is 1. The van der Waals surface area contributed by atoms with Crippen LogP contribution in [0.1, 0.15) is 34.8 Å². The zero-order valence-corrected chi connectivity index (χ0v) is 27.2. The van der Waals surface area contributed by atoms with Crippen molar-refractivity contribution in [2.45, 2.75) is 31.4 Å². The van der Waals surface area contributed by atoms with Gasteiger partial charge < -0.3 is 41.1 Å². The van der Waals surface area contributed by atoms with Gasteiger partial charge in [0.25, 0.3) is 11.8 Å². The fraction of sp³-hybridized carbons (Fsp3) is 0.382. The number of aliphatic hydroxyl groups is 3. The van der Waals surface area contributed by atoms with E-state index < -0.39 is 75.7 Å². The van der Waals surface area contributed by atoms with E-state index in [-0.39, 0.29) is 48.3 Å². The highest BCUT2D eigenvalue weighted by Crippen LogP contribution is 2.55. The summed E-state index contributed by atoms with van der Waals surface area (Å²) >= 11 is 0. The molecular formula is C34H38N4O10. The number of ether oxygens (including phenoxy) is 1. The molecule has 1 fully saturated rings. The number of primary amides is 1. The van der Waals surface area contributed by atoms with E-state index in [0.29, 0.717) is 16.8 Å². The molecule has 2 aromatic carbocycles. The van der Waals surface area contributed by atoms with E-state index in [1.165, 1.54) is 31.1 Å². The van der Waals surface area contributed by atoms with Crippen molar-refractivity contribution >= 4 is 40.8 Å². The number of nitrogens with zero attached hydrogens (tertiary/aromatic N) is 2. The average molecular weight is 663 g/mol. The lowest BCUT2D eigenvalue weighted by Gasteiger charge is -2.50. The number of hydrogen-bond donors (Lipinski definition) is 6. The van der Waals surface area contributed by atoms with Gasteiger partial charge in [0.15, 0.2) is 11.4 Å². The molecule has 48 heavy (non-hydrogen) atoms. The van der Waals surface area contributed by atoms with Crippen molar-refractivity contribution in [2.75, 3.05) is 46.2 Å². The second-order valence-electron chi connectivity index (χ2n) is 12.6. The van der Waals surface area contributed by atoms with Crippen molar-refractivity contribution in [3.63, 3.8) is 0 Å². The highest BCUT2D eigenvalue weighted by molar-refractivity contribution is 6.24. The molecule has 0 saturated heterocycles. The van der Waals surface area contributed by atoms with E-state index in [4.69, 9.17) is 10.5 Å². The third-order valence-electron chi connectivity index (χ3n) is 9.31. The molecule has 0 radical (unpaired) electrons. The standard InChI is InChI=1S/C34H38N4O10/c1-6-48-22(39)14-36-33(46)16-9-7-8-15(10-16)18-13-21(37(2)3)19-11-17-12-20-26(38(4)5)29(42)25(32(35)45)31(44)34(20,47)30(43)23(17)28(41)24(19)27(18)40/h7-10,13,17,20,26,40-41,44,47H,6,11-12,14H2,1-5H3,(H2,35,45)(H,36,46)/t17-,20-,26-,34-/m1/s1. The van der Waals surface area contributed by atoms with Crippen LogP contribution < -0.4 is 16.0 Å². The Bertz CT molecular complexity index is 1830. The Hall–Kier alpha value is -5.21. The number of anilines is 1. The first kappa shape index (κ1) is 34.1. The Kier molecular flexibility index (Phi) is 8.84. The number of nitrogens with one attached hydrogen (secondary N) is 1. The Balaban J connectivity index is 1.65. The molecule has 1 saturated carbocycles. The monoisotopic (exact) mass is 662 g/mol. The SMILES string of the molecule is CCOC(=O)CNC(=O)c1cccc(-c2cc(N(C)C)c3c(c2O)C(O)=C2C(=O)[C@@]4(O)C(O)=C(C(N)=O)C(=O)[C@H](N(C)C)[C@H]4C[C@H]2C3)c1. The number of likely N-dealkylation sites (N-methyl/N-ethyl adjacent to an activating group) is 1. The molecule has 4 atom stereocenters. The molecule has 5 rings (SSSR count). The van der Waals surface area contributed by atoms with Crippen LogP contribution in [0.2, 0.25) is 0 Å². The van der Waals surface area contributed by atoms with Gasteiger partial charge in [0.2, 0.25) is 5.78 Å². The molecule has 0 aliphatic heterocycles. The zero-order chi connectivity index (χ0) is 35.4. The van der Waals surface area contributed by atoms with E-state index >= 15 is 0 Å². The number of phenolic OH excluding ortho intramolecular Hbond substituents is 1. The van der Waals surface area contributed by atoms with Gasteiger partial charge in [-0.15, -0.1) is 0 Å². The van der Waals surface area contributed by atoms with Gasteiger partial charge >= 0.3 is 5.97 Å². The molecule has 254 valence electrons. The maximum Gasteiger partial charge on any atom is 0.325 e. The molecule has 0 aromatic heterocycles. The summed E-state index contributed by atoms with van der Waals surface area (Å²) in [6.45, 7) is 1.46. The average Bonchev–Trinajstić information content (AvgIpc) is 3.01. The first-order valence-electron chi connectivity index (χ1n) is 15.3. The first-order valence-corrected chi connectivity index (χ1v) is 15.3. The van der Waals surface area contributed by atoms with E-state index in [1.54, 1.807) is 44.1 Å². The van der Waals surface area contributed by atoms with E-state index in [0.717, 1.165) is 0 Å². The number of benzene rings is 2. The molecule has 2 amide bonds. The predicted molar refractivity (Wildman–Crippen MR) is 173 cm³/mol. The summed E-state index contributed by atoms with van der Waals surface area (Å²) in [5.74, 6) is -8.54. The summed E-state index contributed by atoms with van der Waals surface area (Å²) < 4.78 is 4.85. The fourth-order valence-electron chi connectivity index (χ4n) is 7.21. The fourth-order valence-corrected chi connectivity index (χ4v) is 7.21. The van der Waals surface area contributed by atoms with Crippen LogP contribution in [0.4, 0.5) is 5.69 Å². The third kappa shape index (κ3) is 5.26. The van der Waals surface area contributed by atoms with Crippen LogP contribution >= 0.6 is 0 Å². The van der Waals surface area contributed by atoms with Crippen molar-refractivity contribution in [1.82, 2.24) is 10.2 Å². The van der Waals surface area contributed by atoms with Crippen LogP contribution in [-0.4, -0.2) is 108 Å². The number of fused-ring (bicyclic) bond motifs is 3. The number of carbonyl (C=O) groups excluding carboxylic acids is 5. The molecule has 0 bridgehead atoms. The molecule has 0 heterocycles. The van der Waals surface area contributed by atoms with Gasteiger partial charge in [-0.25, -0.2) is 0 Å². The van der Waals surface area contributed by atoms with E-state index in [9.17, 15) is 44.4 Å². The number of aromatic hydroxyl groups is 1. The van der Waals surface area contributed by atoms with Gasteiger partial charge in [0, 0.05) is 42.4 Å². The lowest BCUT2D eigenvalue weighted by molar-refractivity contribution is -0.153. The number of rotatable bonds is 8. The molecule has 0 unspecified atom stereocenters. The molecule has 3 aliphatic carbocycles. The lowest BCUT2D eigenvalue weighted by atomic mass is 9.57.